The summed E-state index contributed by atoms with van der Waals surface area (Å²) in [6.07, 6.45) is 2.96. The lowest BCUT2D eigenvalue weighted by atomic mass is 10.1. The number of ether oxygens (including phenoxy) is 2. The van der Waals surface area contributed by atoms with Gasteiger partial charge in [0.1, 0.15) is 30.2 Å². The molecule has 8 nitrogen and oxygen atoms in total. The molecule has 0 saturated carbocycles. The van der Waals surface area contributed by atoms with Crippen LogP contribution >= 0.6 is 23.2 Å². The first-order chi connectivity index (χ1) is 19.8. The largest absolute Gasteiger partial charge is 0.491 e. The van der Waals surface area contributed by atoms with E-state index >= 15 is 0 Å². The molecule has 0 unspecified atom stereocenters. The zero-order chi connectivity index (χ0) is 29.4. The molecule has 0 bridgehead atoms. The van der Waals surface area contributed by atoms with Crippen molar-refractivity contribution in [2.75, 3.05) is 31.7 Å². The van der Waals surface area contributed by atoms with E-state index in [0.29, 0.717) is 27.8 Å². The van der Waals surface area contributed by atoms with Crippen molar-refractivity contribution in [2.24, 2.45) is 0 Å². The SMILES string of the molecule is Cc1ccc2cccc(OCc3c(Cl)ccc(N(C)C(=O)CNC(=O)C=Cc4ccc(OCCO)cc4)c3Cl)c2n1. The quantitative estimate of drug-likeness (QED) is 0.220. The van der Waals surface area contributed by atoms with Crippen LogP contribution in [0.3, 0.4) is 0 Å². The molecule has 0 aliphatic rings. The van der Waals surface area contributed by atoms with Crippen LogP contribution in [0.4, 0.5) is 5.69 Å². The Morgan fingerprint density at radius 2 is 1.80 bits per heavy atom. The summed E-state index contributed by atoms with van der Waals surface area (Å²) in [4.78, 5) is 31.1. The minimum Gasteiger partial charge on any atom is -0.491 e. The first-order valence-electron chi connectivity index (χ1n) is 12.8. The van der Waals surface area contributed by atoms with Crippen molar-refractivity contribution >= 4 is 57.7 Å². The molecule has 0 radical (unpaired) electrons. The van der Waals surface area contributed by atoms with Crippen LogP contribution in [-0.4, -0.2) is 48.7 Å². The number of nitrogens with zero attached hydrogens (tertiary/aromatic N) is 2. The molecule has 0 aliphatic carbocycles. The fourth-order valence-corrected chi connectivity index (χ4v) is 4.55. The highest BCUT2D eigenvalue weighted by Crippen LogP contribution is 2.35. The van der Waals surface area contributed by atoms with Gasteiger partial charge >= 0.3 is 0 Å². The summed E-state index contributed by atoms with van der Waals surface area (Å²) >= 11 is 13.1. The van der Waals surface area contributed by atoms with Gasteiger partial charge in [0.15, 0.2) is 0 Å². The molecular weight excluding hydrogens is 565 g/mol. The molecular formula is C31H29Cl2N3O5. The lowest BCUT2D eigenvalue weighted by Crippen LogP contribution is -2.37. The summed E-state index contributed by atoms with van der Waals surface area (Å²) in [5.74, 6) is 0.407. The maximum Gasteiger partial charge on any atom is 0.246 e. The first kappa shape index (κ1) is 29.9. The van der Waals surface area contributed by atoms with Gasteiger partial charge in [0.2, 0.25) is 11.8 Å². The number of pyridine rings is 1. The fraction of sp³-hybridized carbons (Fsp3) is 0.194. The number of aliphatic hydroxyl groups is 1. The van der Waals surface area contributed by atoms with E-state index in [0.717, 1.165) is 22.2 Å². The molecule has 1 heterocycles. The second-order valence-corrected chi connectivity index (χ2v) is 9.86. The maximum atomic E-state index is 12.9. The average Bonchev–Trinajstić information content (AvgIpc) is 2.98. The number of aromatic nitrogens is 1. The number of fused-ring (bicyclic) bond motifs is 1. The standard InChI is InChI=1S/C31H29Cl2N3O5/c1-20-6-10-22-4-3-5-27(31(22)35-20)41-19-24-25(32)13-14-26(30(24)33)36(2)29(39)18-34-28(38)15-9-21-7-11-23(12-8-21)40-17-16-37/h3-15,37H,16-19H2,1-2H3,(H,34,38). The molecule has 10 heteroatoms. The van der Waals surface area contributed by atoms with E-state index in [1.165, 1.54) is 11.0 Å². The zero-order valence-corrected chi connectivity index (χ0v) is 24.1. The molecule has 0 saturated heterocycles. The van der Waals surface area contributed by atoms with Crippen LogP contribution in [0.2, 0.25) is 10.0 Å². The minimum absolute atomic E-state index is 0.0678. The molecule has 1 aromatic heterocycles. The van der Waals surface area contributed by atoms with Crippen molar-refractivity contribution < 1.29 is 24.2 Å². The third-order valence-electron chi connectivity index (χ3n) is 6.18. The number of hydrogen-bond acceptors (Lipinski definition) is 6. The van der Waals surface area contributed by atoms with Crippen LogP contribution in [0.1, 0.15) is 16.8 Å². The molecule has 0 spiro atoms. The van der Waals surface area contributed by atoms with Crippen LogP contribution in [-0.2, 0) is 16.2 Å². The monoisotopic (exact) mass is 593 g/mol. The number of halogens is 2. The molecule has 3 aromatic carbocycles. The van der Waals surface area contributed by atoms with Gasteiger partial charge < -0.3 is 24.8 Å². The number of aryl methyl sites for hydroxylation is 1. The lowest BCUT2D eigenvalue weighted by molar-refractivity contribution is -0.122. The van der Waals surface area contributed by atoms with Gasteiger partial charge in [-0.3, -0.25) is 9.59 Å². The Kier molecular flexibility index (Phi) is 10.2. The average molecular weight is 594 g/mol. The Balaban J connectivity index is 1.37. The molecule has 212 valence electrons. The number of benzene rings is 3. The van der Waals surface area contributed by atoms with Crippen molar-refractivity contribution in [2.45, 2.75) is 13.5 Å². The smallest absolute Gasteiger partial charge is 0.246 e. The molecule has 2 N–H and O–H groups in total. The van der Waals surface area contributed by atoms with E-state index < -0.39 is 5.91 Å². The summed E-state index contributed by atoms with van der Waals surface area (Å²) < 4.78 is 11.4. The molecule has 2 amide bonds. The summed E-state index contributed by atoms with van der Waals surface area (Å²) in [6.45, 7) is 1.88. The van der Waals surface area contributed by atoms with Crippen molar-refractivity contribution in [3.8, 4) is 11.5 Å². The number of rotatable bonds is 11. The Bertz CT molecular complexity index is 1570. The van der Waals surface area contributed by atoms with Gasteiger partial charge in [-0.15, -0.1) is 0 Å². The van der Waals surface area contributed by atoms with E-state index in [2.05, 4.69) is 10.3 Å². The highest BCUT2D eigenvalue weighted by atomic mass is 35.5. The number of amides is 2. The molecule has 4 aromatic rings. The van der Waals surface area contributed by atoms with E-state index in [1.807, 2.05) is 37.3 Å². The second-order valence-electron chi connectivity index (χ2n) is 9.07. The van der Waals surface area contributed by atoms with Gasteiger partial charge in [0.25, 0.3) is 0 Å². The number of anilines is 1. The molecule has 0 fully saturated rings. The molecule has 0 aliphatic heterocycles. The first-order valence-corrected chi connectivity index (χ1v) is 13.5. The number of carbonyl (C=O) groups is 2. The summed E-state index contributed by atoms with van der Waals surface area (Å²) in [5.41, 5.74) is 3.33. The third kappa shape index (κ3) is 7.76. The third-order valence-corrected chi connectivity index (χ3v) is 6.95. The van der Waals surface area contributed by atoms with Gasteiger partial charge in [-0.05, 0) is 55.0 Å². The van der Waals surface area contributed by atoms with E-state index in [4.69, 9.17) is 37.8 Å². The fourth-order valence-electron chi connectivity index (χ4n) is 3.95. The van der Waals surface area contributed by atoms with Gasteiger partial charge in [-0.1, -0.05) is 53.5 Å². The summed E-state index contributed by atoms with van der Waals surface area (Å²) in [7, 11) is 1.57. The van der Waals surface area contributed by atoms with Gasteiger partial charge in [0, 0.05) is 34.8 Å². The van der Waals surface area contributed by atoms with Crippen molar-refractivity contribution in [3.63, 3.8) is 0 Å². The number of likely N-dealkylation sites (N-methyl/N-ethyl adjacent to an activating group) is 1. The number of aliphatic hydroxyl groups excluding tert-OH is 1. The Labute approximate surface area is 248 Å². The number of para-hydroxylation sites is 1. The molecule has 4 rings (SSSR count). The topological polar surface area (TPSA) is 101 Å². The van der Waals surface area contributed by atoms with Gasteiger partial charge in [-0.2, -0.15) is 0 Å². The van der Waals surface area contributed by atoms with E-state index in [1.54, 1.807) is 49.5 Å². The van der Waals surface area contributed by atoms with Gasteiger partial charge in [-0.25, -0.2) is 4.98 Å². The lowest BCUT2D eigenvalue weighted by Gasteiger charge is -2.21. The minimum atomic E-state index is -0.428. The van der Waals surface area contributed by atoms with Crippen LogP contribution in [0.25, 0.3) is 17.0 Å². The predicted octanol–water partition coefficient (Wildman–Crippen LogP) is 5.59. The normalized spacial score (nSPS) is 11.0. The van der Waals surface area contributed by atoms with Gasteiger partial charge in [0.05, 0.1) is 23.9 Å². The van der Waals surface area contributed by atoms with Crippen molar-refractivity contribution in [3.05, 3.63) is 99.7 Å². The number of carbonyl (C=O) groups excluding carboxylic acids is 2. The maximum absolute atomic E-state index is 12.9. The second kappa shape index (κ2) is 14.0. The Morgan fingerprint density at radius 1 is 1.02 bits per heavy atom. The number of nitrogens with one attached hydrogen (secondary N) is 1. The van der Waals surface area contributed by atoms with Crippen LogP contribution < -0.4 is 19.7 Å². The Morgan fingerprint density at radius 3 is 2.56 bits per heavy atom. The van der Waals surface area contributed by atoms with Crippen molar-refractivity contribution in [1.29, 1.82) is 0 Å². The zero-order valence-electron chi connectivity index (χ0n) is 22.6. The van der Waals surface area contributed by atoms with Crippen LogP contribution in [0.15, 0.2) is 72.8 Å². The summed E-state index contributed by atoms with van der Waals surface area (Å²) in [6, 6.07) is 19.9. The highest BCUT2D eigenvalue weighted by Gasteiger charge is 2.19. The highest BCUT2D eigenvalue weighted by molar-refractivity contribution is 6.38. The molecule has 0 atom stereocenters. The van der Waals surface area contributed by atoms with Crippen LogP contribution in [0.5, 0.6) is 11.5 Å². The summed E-state index contributed by atoms with van der Waals surface area (Å²) in [5, 5.41) is 13.0. The molecule has 41 heavy (non-hydrogen) atoms. The Hall–Kier alpha value is -4.11. The van der Waals surface area contributed by atoms with Crippen LogP contribution in [0, 0.1) is 6.92 Å². The van der Waals surface area contributed by atoms with E-state index in [-0.39, 0.29) is 37.3 Å². The number of hydrogen-bond donors (Lipinski definition) is 2. The predicted molar refractivity (Wildman–Crippen MR) is 162 cm³/mol. The van der Waals surface area contributed by atoms with Crippen molar-refractivity contribution in [1.82, 2.24) is 10.3 Å². The van der Waals surface area contributed by atoms with E-state index in [9.17, 15) is 9.59 Å².